The summed E-state index contributed by atoms with van der Waals surface area (Å²) in [6.07, 6.45) is 3.06. The van der Waals surface area contributed by atoms with Crippen LogP contribution < -0.4 is 5.32 Å². The number of hydrogen-bond donors (Lipinski definition) is 2. The molecule has 18 heavy (non-hydrogen) atoms. The first-order valence-electron chi connectivity index (χ1n) is 6.65. The third kappa shape index (κ3) is 4.20. The summed E-state index contributed by atoms with van der Waals surface area (Å²) in [7, 11) is 0. The number of aliphatic carboxylic acids is 1. The van der Waals surface area contributed by atoms with Gasteiger partial charge in [-0.05, 0) is 33.1 Å². The van der Waals surface area contributed by atoms with Crippen molar-refractivity contribution in [2.45, 2.75) is 52.0 Å². The van der Waals surface area contributed by atoms with Crippen LogP contribution in [0.25, 0.3) is 0 Å². The van der Waals surface area contributed by atoms with Crippen LogP contribution in [0.3, 0.4) is 0 Å². The van der Waals surface area contributed by atoms with Crippen LogP contribution in [-0.2, 0) is 4.79 Å². The normalized spacial score (nSPS) is 17.6. The summed E-state index contributed by atoms with van der Waals surface area (Å²) in [5.74, 6) is -1.04. The van der Waals surface area contributed by atoms with Crippen molar-refractivity contribution >= 4 is 12.0 Å². The lowest BCUT2D eigenvalue weighted by Gasteiger charge is -2.34. The molecule has 1 aliphatic heterocycles. The van der Waals surface area contributed by atoms with Crippen LogP contribution in [0.15, 0.2) is 0 Å². The second-order valence-corrected chi connectivity index (χ2v) is 5.66. The number of hydrogen-bond acceptors (Lipinski definition) is 2. The average Bonchev–Trinajstić information content (AvgIpc) is 2.28. The van der Waals surface area contributed by atoms with E-state index in [1.807, 2.05) is 13.8 Å². The molecule has 1 saturated heterocycles. The molecule has 1 aliphatic rings. The number of piperidine rings is 1. The largest absolute Gasteiger partial charge is 0.481 e. The Hall–Kier alpha value is -1.26. The predicted molar refractivity (Wildman–Crippen MR) is 69.5 cm³/mol. The second kappa shape index (κ2) is 6.07. The monoisotopic (exact) mass is 256 g/mol. The number of urea groups is 1. The van der Waals surface area contributed by atoms with Gasteiger partial charge < -0.3 is 15.3 Å². The zero-order valence-corrected chi connectivity index (χ0v) is 11.5. The van der Waals surface area contributed by atoms with E-state index in [1.165, 1.54) is 0 Å². The summed E-state index contributed by atoms with van der Waals surface area (Å²) >= 11 is 0. The van der Waals surface area contributed by atoms with Gasteiger partial charge in [-0.15, -0.1) is 0 Å². The smallest absolute Gasteiger partial charge is 0.317 e. The van der Waals surface area contributed by atoms with Crippen molar-refractivity contribution in [3.05, 3.63) is 0 Å². The van der Waals surface area contributed by atoms with E-state index in [0.717, 1.165) is 12.8 Å². The molecule has 0 aromatic rings. The zero-order chi connectivity index (χ0) is 13.8. The minimum Gasteiger partial charge on any atom is -0.481 e. The van der Waals surface area contributed by atoms with Crippen LogP contribution in [0, 0.1) is 5.92 Å². The number of nitrogens with one attached hydrogen (secondary N) is 1. The van der Waals surface area contributed by atoms with Crippen LogP contribution in [0.4, 0.5) is 4.79 Å². The number of amides is 2. The average molecular weight is 256 g/mol. The fourth-order valence-corrected chi connectivity index (χ4v) is 2.39. The standard InChI is InChI=1S/C13H24N2O3/c1-4-7-13(2,3)14-12(18)15-8-5-10(6-9-15)11(16)17/h10H,4-9H2,1-3H3,(H,14,18)(H,16,17). The highest BCUT2D eigenvalue weighted by Gasteiger charge is 2.29. The Morgan fingerprint density at radius 3 is 2.33 bits per heavy atom. The number of carboxylic acids is 1. The molecular formula is C13H24N2O3. The Kier molecular flexibility index (Phi) is 4.99. The molecule has 104 valence electrons. The molecule has 0 atom stereocenters. The van der Waals surface area contributed by atoms with E-state index >= 15 is 0 Å². The molecule has 1 rings (SSSR count). The molecule has 0 bridgehead atoms. The van der Waals surface area contributed by atoms with Gasteiger partial charge in [0.05, 0.1) is 5.92 Å². The Morgan fingerprint density at radius 1 is 1.33 bits per heavy atom. The number of likely N-dealkylation sites (tertiary alicyclic amines) is 1. The Bertz CT molecular complexity index is 307. The third-order valence-electron chi connectivity index (χ3n) is 3.45. The van der Waals surface area contributed by atoms with E-state index < -0.39 is 5.97 Å². The van der Waals surface area contributed by atoms with Crippen molar-refractivity contribution in [1.29, 1.82) is 0 Å². The summed E-state index contributed by atoms with van der Waals surface area (Å²) < 4.78 is 0. The van der Waals surface area contributed by atoms with Crippen LogP contribution in [0.5, 0.6) is 0 Å². The van der Waals surface area contributed by atoms with Gasteiger partial charge >= 0.3 is 12.0 Å². The number of carbonyl (C=O) groups is 2. The molecule has 5 nitrogen and oxygen atoms in total. The van der Waals surface area contributed by atoms with Crippen molar-refractivity contribution in [3.63, 3.8) is 0 Å². The molecule has 0 saturated carbocycles. The number of carbonyl (C=O) groups excluding carboxylic acids is 1. The quantitative estimate of drug-likeness (QED) is 0.809. The second-order valence-electron chi connectivity index (χ2n) is 5.66. The molecule has 0 aromatic carbocycles. The number of nitrogens with zero attached hydrogens (tertiary/aromatic N) is 1. The Labute approximate surface area is 109 Å². The highest BCUT2D eigenvalue weighted by Crippen LogP contribution is 2.18. The van der Waals surface area contributed by atoms with E-state index in [-0.39, 0.29) is 17.5 Å². The maximum atomic E-state index is 12.0. The van der Waals surface area contributed by atoms with Crippen molar-refractivity contribution in [1.82, 2.24) is 10.2 Å². The Morgan fingerprint density at radius 2 is 1.89 bits per heavy atom. The molecule has 0 aliphatic carbocycles. The molecular weight excluding hydrogens is 232 g/mol. The summed E-state index contributed by atoms with van der Waals surface area (Å²) in [6.45, 7) is 7.18. The lowest BCUT2D eigenvalue weighted by Crippen LogP contribution is -2.52. The molecule has 0 aromatic heterocycles. The number of carboxylic acid groups (broad SMARTS) is 1. The van der Waals surface area contributed by atoms with E-state index in [0.29, 0.717) is 25.9 Å². The molecule has 0 radical (unpaired) electrons. The first-order valence-corrected chi connectivity index (χ1v) is 6.65. The van der Waals surface area contributed by atoms with Gasteiger partial charge in [0.15, 0.2) is 0 Å². The lowest BCUT2D eigenvalue weighted by atomic mass is 9.97. The van der Waals surface area contributed by atoms with Crippen molar-refractivity contribution < 1.29 is 14.7 Å². The van der Waals surface area contributed by atoms with Crippen molar-refractivity contribution in [2.24, 2.45) is 5.92 Å². The third-order valence-corrected chi connectivity index (χ3v) is 3.45. The molecule has 0 unspecified atom stereocenters. The van der Waals surface area contributed by atoms with Gasteiger partial charge in [-0.1, -0.05) is 13.3 Å². The summed E-state index contributed by atoms with van der Waals surface area (Å²) in [4.78, 5) is 24.6. The lowest BCUT2D eigenvalue weighted by molar-refractivity contribution is -0.143. The topological polar surface area (TPSA) is 69.6 Å². The van der Waals surface area contributed by atoms with Crippen LogP contribution in [0.1, 0.15) is 46.5 Å². The van der Waals surface area contributed by atoms with E-state index in [4.69, 9.17) is 5.11 Å². The van der Waals surface area contributed by atoms with Gasteiger partial charge in [-0.2, -0.15) is 0 Å². The highest BCUT2D eigenvalue weighted by atomic mass is 16.4. The molecule has 0 spiro atoms. The van der Waals surface area contributed by atoms with Crippen molar-refractivity contribution in [2.75, 3.05) is 13.1 Å². The van der Waals surface area contributed by atoms with Crippen LogP contribution in [-0.4, -0.2) is 40.6 Å². The van der Waals surface area contributed by atoms with Gasteiger partial charge in [0.1, 0.15) is 0 Å². The van der Waals surface area contributed by atoms with Crippen molar-refractivity contribution in [3.8, 4) is 0 Å². The first kappa shape index (κ1) is 14.8. The zero-order valence-electron chi connectivity index (χ0n) is 11.5. The fraction of sp³-hybridized carbons (Fsp3) is 0.846. The minimum absolute atomic E-state index is 0.0720. The highest BCUT2D eigenvalue weighted by molar-refractivity contribution is 5.76. The summed E-state index contributed by atoms with van der Waals surface area (Å²) in [6, 6.07) is -0.0720. The fourth-order valence-electron chi connectivity index (χ4n) is 2.39. The maximum absolute atomic E-state index is 12.0. The van der Waals surface area contributed by atoms with Gasteiger partial charge in [-0.3, -0.25) is 4.79 Å². The summed E-state index contributed by atoms with van der Waals surface area (Å²) in [5.41, 5.74) is -0.199. The molecule has 2 N–H and O–H groups in total. The van der Waals surface area contributed by atoms with Gasteiger partial charge in [0, 0.05) is 18.6 Å². The van der Waals surface area contributed by atoms with Gasteiger partial charge in [0.25, 0.3) is 0 Å². The predicted octanol–water partition coefficient (Wildman–Crippen LogP) is 2.07. The molecule has 2 amide bonds. The maximum Gasteiger partial charge on any atom is 0.317 e. The summed E-state index contributed by atoms with van der Waals surface area (Å²) in [5, 5.41) is 11.9. The molecule has 5 heteroatoms. The SMILES string of the molecule is CCCC(C)(C)NC(=O)N1CCC(C(=O)O)CC1. The van der Waals surface area contributed by atoms with Gasteiger partial charge in [-0.25, -0.2) is 4.79 Å². The van der Waals surface area contributed by atoms with E-state index in [9.17, 15) is 9.59 Å². The van der Waals surface area contributed by atoms with E-state index in [1.54, 1.807) is 4.90 Å². The molecule has 1 heterocycles. The first-order chi connectivity index (χ1) is 8.35. The van der Waals surface area contributed by atoms with Gasteiger partial charge in [0.2, 0.25) is 0 Å². The molecule has 1 fully saturated rings. The minimum atomic E-state index is -0.749. The van der Waals surface area contributed by atoms with Crippen LogP contribution in [0.2, 0.25) is 0 Å². The Balaban J connectivity index is 2.43. The van der Waals surface area contributed by atoms with E-state index in [2.05, 4.69) is 12.2 Å². The number of rotatable bonds is 4. The van der Waals surface area contributed by atoms with Crippen LogP contribution >= 0.6 is 0 Å².